The van der Waals surface area contributed by atoms with Crippen molar-refractivity contribution in [3.63, 3.8) is 0 Å². The minimum absolute atomic E-state index is 0.147. The topological polar surface area (TPSA) is 105 Å². The Kier molecular flexibility index (Phi) is 4.81. The molecule has 2 N–H and O–H groups in total. The number of rotatable bonds is 5. The SMILES string of the molecule is O=C(Cc1ccccc1)N/N=C\c1cccc([N+](=O)[O-])c1O. The van der Waals surface area contributed by atoms with E-state index in [0.717, 1.165) is 11.8 Å². The summed E-state index contributed by atoms with van der Waals surface area (Å²) in [4.78, 5) is 21.7. The lowest BCUT2D eigenvalue weighted by Crippen LogP contribution is -2.19. The van der Waals surface area contributed by atoms with Gasteiger partial charge in [-0.2, -0.15) is 5.10 Å². The van der Waals surface area contributed by atoms with Crippen molar-refractivity contribution in [1.29, 1.82) is 0 Å². The smallest absolute Gasteiger partial charge is 0.311 e. The molecule has 2 rings (SSSR count). The van der Waals surface area contributed by atoms with E-state index in [1.54, 1.807) is 0 Å². The number of para-hydroxylation sites is 1. The van der Waals surface area contributed by atoms with Crippen LogP contribution in [-0.2, 0) is 11.2 Å². The zero-order chi connectivity index (χ0) is 15.9. The number of benzene rings is 2. The molecule has 0 aliphatic rings. The quantitative estimate of drug-likeness (QED) is 0.500. The van der Waals surface area contributed by atoms with E-state index in [1.807, 2.05) is 30.3 Å². The first-order valence-electron chi connectivity index (χ1n) is 6.40. The van der Waals surface area contributed by atoms with Crippen LogP contribution in [0.4, 0.5) is 5.69 Å². The number of phenols is 1. The molecule has 0 aromatic heterocycles. The van der Waals surface area contributed by atoms with Crippen LogP contribution in [0, 0.1) is 10.1 Å². The van der Waals surface area contributed by atoms with Gasteiger partial charge in [0.05, 0.1) is 17.6 Å². The maximum Gasteiger partial charge on any atom is 0.311 e. The average molecular weight is 299 g/mol. The van der Waals surface area contributed by atoms with Crippen molar-refractivity contribution in [3.05, 3.63) is 69.8 Å². The van der Waals surface area contributed by atoms with E-state index >= 15 is 0 Å². The van der Waals surface area contributed by atoms with Crippen molar-refractivity contribution in [2.75, 3.05) is 0 Å². The largest absolute Gasteiger partial charge is 0.502 e. The van der Waals surface area contributed by atoms with Gasteiger partial charge in [0.25, 0.3) is 0 Å². The van der Waals surface area contributed by atoms with Crippen LogP contribution in [0.25, 0.3) is 0 Å². The molecule has 0 heterocycles. The molecule has 0 aliphatic carbocycles. The number of hydrazone groups is 1. The lowest BCUT2D eigenvalue weighted by atomic mass is 10.1. The van der Waals surface area contributed by atoms with E-state index < -0.39 is 16.4 Å². The number of nitrogens with zero attached hydrogens (tertiary/aromatic N) is 2. The third kappa shape index (κ3) is 3.89. The molecular formula is C15H13N3O4. The highest BCUT2D eigenvalue weighted by Crippen LogP contribution is 2.27. The number of nitro groups is 1. The van der Waals surface area contributed by atoms with Crippen LogP contribution in [0.2, 0.25) is 0 Å². The second-order valence-electron chi connectivity index (χ2n) is 4.43. The second kappa shape index (κ2) is 6.98. The molecule has 0 spiro atoms. The molecule has 22 heavy (non-hydrogen) atoms. The first-order valence-corrected chi connectivity index (χ1v) is 6.40. The summed E-state index contributed by atoms with van der Waals surface area (Å²) in [5, 5.41) is 24.1. The van der Waals surface area contributed by atoms with Gasteiger partial charge in [0, 0.05) is 11.6 Å². The molecule has 1 amide bonds. The predicted octanol–water partition coefficient (Wildman–Crippen LogP) is 1.99. The molecule has 0 fully saturated rings. The molecule has 112 valence electrons. The second-order valence-corrected chi connectivity index (χ2v) is 4.43. The lowest BCUT2D eigenvalue weighted by Gasteiger charge is -2.01. The van der Waals surface area contributed by atoms with Crippen molar-refractivity contribution in [2.24, 2.45) is 5.10 Å². The van der Waals surface area contributed by atoms with Crippen LogP contribution >= 0.6 is 0 Å². The van der Waals surface area contributed by atoms with E-state index in [9.17, 15) is 20.0 Å². The van der Waals surface area contributed by atoms with Crippen molar-refractivity contribution in [1.82, 2.24) is 5.43 Å². The highest BCUT2D eigenvalue weighted by molar-refractivity contribution is 5.87. The van der Waals surface area contributed by atoms with Gasteiger partial charge in [0.2, 0.25) is 11.7 Å². The first-order chi connectivity index (χ1) is 10.6. The average Bonchev–Trinajstić information content (AvgIpc) is 2.49. The van der Waals surface area contributed by atoms with Gasteiger partial charge in [-0.25, -0.2) is 5.43 Å². The number of nitrogens with one attached hydrogen (secondary N) is 1. The van der Waals surface area contributed by atoms with Crippen LogP contribution in [0.15, 0.2) is 53.6 Å². The summed E-state index contributed by atoms with van der Waals surface area (Å²) in [7, 11) is 0. The maximum absolute atomic E-state index is 11.7. The van der Waals surface area contributed by atoms with E-state index in [-0.39, 0.29) is 17.9 Å². The third-order valence-corrected chi connectivity index (χ3v) is 2.84. The zero-order valence-electron chi connectivity index (χ0n) is 11.5. The number of amides is 1. The van der Waals surface area contributed by atoms with Crippen molar-refractivity contribution < 1.29 is 14.8 Å². The third-order valence-electron chi connectivity index (χ3n) is 2.84. The summed E-state index contributed by atoms with van der Waals surface area (Å²) in [6.07, 6.45) is 1.32. The van der Waals surface area contributed by atoms with Gasteiger partial charge in [-0.15, -0.1) is 0 Å². The van der Waals surface area contributed by atoms with Crippen LogP contribution in [0.1, 0.15) is 11.1 Å². The Morgan fingerprint density at radius 3 is 2.64 bits per heavy atom. The lowest BCUT2D eigenvalue weighted by molar-refractivity contribution is -0.385. The van der Waals surface area contributed by atoms with Gasteiger partial charge >= 0.3 is 5.69 Å². The Bertz CT molecular complexity index is 714. The van der Waals surface area contributed by atoms with Crippen LogP contribution in [-0.4, -0.2) is 22.2 Å². The fourth-order valence-electron chi connectivity index (χ4n) is 1.79. The number of phenolic OH excluding ortho intramolecular Hbond substituents is 1. The van der Waals surface area contributed by atoms with Gasteiger partial charge in [-0.3, -0.25) is 14.9 Å². The number of nitro benzene ring substituents is 1. The number of aromatic hydroxyl groups is 1. The minimum Gasteiger partial charge on any atom is -0.502 e. The molecule has 0 saturated carbocycles. The summed E-state index contributed by atoms with van der Waals surface area (Å²) < 4.78 is 0. The molecule has 0 atom stereocenters. The molecule has 0 bridgehead atoms. The minimum atomic E-state index is -0.694. The van der Waals surface area contributed by atoms with Crippen molar-refractivity contribution in [2.45, 2.75) is 6.42 Å². The molecule has 2 aromatic rings. The zero-order valence-corrected chi connectivity index (χ0v) is 11.5. The Labute approximate surface area is 126 Å². The molecule has 2 aromatic carbocycles. The Hall–Kier alpha value is -3.22. The Balaban J connectivity index is 1.99. The van der Waals surface area contributed by atoms with Gasteiger partial charge in [0.15, 0.2) is 0 Å². The van der Waals surface area contributed by atoms with E-state index in [1.165, 1.54) is 18.2 Å². The number of carbonyl (C=O) groups excluding carboxylic acids is 1. The summed E-state index contributed by atoms with van der Waals surface area (Å²) in [6, 6.07) is 13.2. The molecule has 0 radical (unpaired) electrons. The molecular weight excluding hydrogens is 286 g/mol. The summed E-state index contributed by atoms with van der Waals surface area (Å²) in [5.74, 6) is -0.819. The highest BCUT2D eigenvalue weighted by Gasteiger charge is 2.15. The van der Waals surface area contributed by atoms with Crippen LogP contribution < -0.4 is 5.43 Å². The molecule has 0 saturated heterocycles. The van der Waals surface area contributed by atoms with E-state index in [2.05, 4.69) is 10.5 Å². The number of hydrogen-bond acceptors (Lipinski definition) is 5. The first kappa shape index (κ1) is 15.2. The fourth-order valence-corrected chi connectivity index (χ4v) is 1.79. The normalized spacial score (nSPS) is 10.5. The van der Waals surface area contributed by atoms with Gasteiger partial charge in [-0.1, -0.05) is 36.4 Å². The van der Waals surface area contributed by atoms with Crippen molar-refractivity contribution >= 4 is 17.8 Å². The molecule has 7 heteroatoms. The highest BCUT2D eigenvalue weighted by atomic mass is 16.6. The van der Waals surface area contributed by atoms with Crippen LogP contribution in [0.3, 0.4) is 0 Å². The summed E-state index contributed by atoms with van der Waals surface area (Å²) in [5.41, 5.74) is 2.88. The summed E-state index contributed by atoms with van der Waals surface area (Å²) in [6.45, 7) is 0. The van der Waals surface area contributed by atoms with E-state index in [0.29, 0.717) is 0 Å². The molecule has 0 unspecified atom stereocenters. The summed E-state index contributed by atoms with van der Waals surface area (Å²) >= 11 is 0. The van der Waals surface area contributed by atoms with E-state index in [4.69, 9.17) is 0 Å². The van der Waals surface area contributed by atoms with Crippen molar-refractivity contribution in [3.8, 4) is 5.75 Å². The maximum atomic E-state index is 11.7. The van der Waals surface area contributed by atoms with Gasteiger partial charge < -0.3 is 5.11 Å². The van der Waals surface area contributed by atoms with Gasteiger partial charge in [0.1, 0.15) is 0 Å². The Morgan fingerprint density at radius 2 is 1.95 bits per heavy atom. The standard InChI is InChI=1S/C15H13N3O4/c19-14(9-11-5-2-1-3-6-11)17-16-10-12-7-4-8-13(15(12)20)18(21)22/h1-8,10,20H,9H2,(H,17,19)/b16-10-. The fraction of sp³-hybridized carbons (Fsp3) is 0.0667. The number of hydrogen-bond donors (Lipinski definition) is 2. The monoisotopic (exact) mass is 299 g/mol. The van der Waals surface area contributed by atoms with Gasteiger partial charge in [-0.05, 0) is 11.6 Å². The number of carbonyl (C=O) groups is 1. The molecule has 7 nitrogen and oxygen atoms in total. The predicted molar refractivity (Wildman–Crippen MR) is 80.6 cm³/mol. The van der Waals surface area contributed by atoms with Crippen LogP contribution in [0.5, 0.6) is 5.75 Å². The molecule has 0 aliphatic heterocycles. The Morgan fingerprint density at radius 1 is 1.23 bits per heavy atom.